The number of aromatic nitrogens is 1. The minimum Gasteiger partial charge on any atom is -0.506 e. The molecule has 0 bridgehead atoms. The number of aliphatic hydroxyl groups excluding tert-OH is 1. The zero-order valence-electron chi connectivity index (χ0n) is 34.7. The summed E-state index contributed by atoms with van der Waals surface area (Å²) in [5.41, 5.74) is 3.80. The van der Waals surface area contributed by atoms with Crippen molar-refractivity contribution in [3.63, 3.8) is 0 Å². The summed E-state index contributed by atoms with van der Waals surface area (Å²) in [6.45, 7) is 3.97. The van der Waals surface area contributed by atoms with Crippen LogP contribution in [0.25, 0.3) is 21.3 Å². The Morgan fingerprint density at radius 2 is 1.54 bits per heavy atom. The molecule has 322 valence electrons. The number of thiophene rings is 1. The molecular formula is C51H50N4O7S. The standard InChI is InChI=1S/C51H50N4O7S/c56-44-20-18-42(43-19-21-47(58)54-48(43)44)45(57)30-52-28-34-14-16-38(17-15-34)49(59)53-29-37-26-46(63-33-37)39-10-7-13-41(27-39)51(61,40-11-5-2-6-12-40)50(60)62-32-36-22-24-55(25-23-36)31-35-8-3-1-4-9-35/h1-21,26-27,33,36,45,52,56-57,61H,22-25,28-32H2,(H,53,59)(H,54,58)/t45-,51?/m0/s1. The van der Waals surface area contributed by atoms with Gasteiger partial charge >= 0.3 is 5.97 Å². The van der Waals surface area contributed by atoms with Gasteiger partial charge in [0.05, 0.1) is 18.2 Å². The molecule has 1 amide bonds. The molecular weight excluding hydrogens is 813 g/mol. The summed E-state index contributed by atoms with van der Waals surface area (Å²) in [6, 6.07) is 42.0. The van der Waals surface area contributed by atoms with Gasteiger partial charge in [-0.3, -0.25) is 14.5 Å². The fourth-order valence-corrected chi connectivity index (χ4v) is 9.03. The van der Waals surface area contributed by atoms with Crippen LogP contribution in [0, 0.1) is 5.92 Å². The molecule has 0 radical (unpaired) electrons. The summed E-state index contributed by atoms with van der Waals surface area (Å²) < 4.78 is 5.94. The van der Waals surface area contributed by atoms with E-state index in [1.165, 1.54) is 29.0 Å². The van der Waals surface area contributed by atoms with Gasteiger partial charge in [0.2, 0.25) is 11.2 Å². The summed E-state index contributed by atoms with van der Waals surface area (Å²) in [4.78, 5) is 44.8. The fourth-order valence-electron chi connectivity index (χ4n) is 8.12. The Labute approximate surface area is 369 Å². The third-order valence-corrected chi connectivity index (χ3v) is 12.7. The number of carbonyl (C=O) groups is 2. The SMILES string of the molecule is O=C(NCc1csc(-c2cccc(C(O)(C(=O)OCC3CCN(Cc4ccccc4)CC3)c3ccccc3)c2)c1)c1ccc(CNC[C@H](O)c2ccc(O)c3[nH]c(=O)ccc23)cc1. The number of phenolic OH excluding ortho intramolecular Hbond substituents is 1. The van der Waals surface area contributed by atoms with Crippen LogP contribution in [0.2, 0.25) is 0 Å². The van der Waals surface area contributed by atoms with Gasteiger partial charge in [-0.2, -0.15) is 0 Å². The number of H-pyrrole nitrogens is 1. The maximum absolute atomic E-state index is 14.0. The van der Waals surface area contributed by atoms with E-state index in [0.717, 1.165) is 54.0 Å². The molecule has 11 nitrogen and oxygen atoms in total. The van der Waals surface area contributed by atoms with Crippen molar-refractivity contribution in [2.24, 2.45) is 5.92 Å². The predicted molar refractivity (Wildman–Crippen MR) is 245 cm³/mol. The number of nitrogens with zero attached hydrogens (tertiary/aromatic N) is 1. The second-order valence-corrected chi connectivity index (χ2v) is 17.0. The largest absolute Gasteiger partial charge is 0.506 e. The molecule has 6 N–H and O–H groups in total. The molecule has 0 saturated carbocycles. The number of hydrogen-bond acceptors (Lipinski definition) is 10. The van der Waals surface area contributed by atoms with E-state index in [0.29, 0.717) is 40.7 Å². The first-order valence-corrected chi connectivity index (χ1v) is 22.0. The van der Waals surface area contributed by atoms with Crippen LogP contribution in [0.5, 0.6) is 5.75 Å². The number of fused-ring (bicyclic) bond motifs is 1. The number of ether oxygens (including phenoxy) is 1. The lowest BCUT2D eigenvalue weighted by molar-refractivity contribution is -0.164. The van der Waals surface area contributed by atoms with E-state index < -0.39 is 17.7 Å². The Balaban J connectivity index is 0.848. The second-order valence-electron chi connectivity index (χ2n) is 16.1. The number of hydrogen-bond donors (Lipinski definition) is 6. The van der Waals surface area contributed by atoms with Gasteiger partial charge in [-0.05, 0) is 107 Å². The summed E-state index contributed by atoms with van der Waals surface area (Å²) in [7, 11) is 0. The summed E-state index contributed by atoms with van der Waals surface area (Å²) >= 11 is 1.51. The summed E-state index contributed by atoms with van der Waals surface area (Å²) in [5, 5.41) is 42.1. The van der Waals surface area contributed by atoms with Crippen molar-refractivity contribution in [3.8, 4) is 16.2 Å². The Morgan fingerprint density at radius 1 is 0.810 bits per heavy atom. The number of amides is 1. The fraction of sp³-hybridized carbons (Fsp3) is 0.235. The van der Waals surface area contributed by atoms with E-state index >= 15 is 0 Å². The van der Waals surface area contributed by atoms with E-state index in [9.17, 15) is 29.7 Å². The quantitative estimate of drug-likeness (QED) is 0.0544. The number of piperidine rings is 1. The highest BCUT2D eigenvalue weighted by molar-refractivity contribution is 7.13. The number of aromatic hydroxyl groups is 1. The molecule has 1 saturated heterocycles. The number of nitrogens with one attached hydrogen (secondary N) is 3. The van der Waals surface area contributed by atoms with E-state index in [2.05, 4.69) is 44.8 Å². The van der Waals surface area contributed by atoms with E-state index in [-0.39, 0.29) is 41.8 Å². The molecule has 1 fully saturated rings. The van der Waals surface area contributed by atoms with Gasteiger partial charge in [-0.1, -0.05) is 97.1 Å². The number of aromatic amines is 1. The first kappa shape index (κ1) is 43.2. The van der Waals surface area contributed by atoms with Gasteiger partial charge in [-0.25, -0.2) is 4.79 Å². The molecule has 8 rings (SSSR count). The van der Waals surface area contributed by atoms with Crippen molar-refractivity contribution in [2.75, 3.05) is 26.2 Å². The van der Waals surface area contributed by atoms with E-state index in [1.54, 1.807) is 54.6 Å². The number of pyridine rings is 1. The minimum absolute atomic E-state index is 0.0654. The number of phenols is 1. The zero-order valence-corrected chi connectivity index (χ0v) is 35.5. The van der Waals surface area contributed by atoms with Crippen molar-refractivity contribution in [1.82, 2.24) is 20.5 Å². The second kappa shape index (κ2) is 19.7. The minimum atomic E-state index is -2.01. The molecule has 2 atom stereocenters. The molecule has 63 heavy (non-hydrogen) atoms. The maximum atomic E-state index is 14.0. The van der Waals surface area contributed by atoms with Crippen molar-refractivity contribution in [2.45, 2.75) is 44.2 Å². The third-order valence-electron chi connectivity index (χ3n) is 11.7. The Kier molecular flexibility index (Phi) is 13.6. The first-order chi connectivity index (χ1) is 30.6. The van der Waals surface area contributed by atoms with Crippen LogP contribution in [0.15, 0.2) is 150 Å². The lowest BCUT2D eigenvalue weighted by Gasteiger charge is -2.33. The average Bonchev–Trinajstić information content (AvgIpc) is 3.80. The molecule has 0 spiro atoms. The topological polar surface area (TPSA) is 164 Å². The molecule has 2 aromatic heterocycles. The monoisotopic (exact) mass is 862 g/mol. The van der Waals surface area contributed by atoms with Crippen LogP contribution in [-0.2, 0) is 34.8 Å². The van der Waals surface area contributed by atoms with E-state index in [1.807, 2.05) is 53.9 Å². The van der Waals surface area contributed by atoms with Gasteiger partial charge in [0.25, 0.3) is 5.91 Å². The lowest BCUT2D eigenvalue weighted by atomic mass is 9.85. The normalized spacial score (nSPS) is 14.8. The van der Waals surface area contributed by atoms with Crippen LogP contribution >= 0.6 is 11.3 Å². The highest BCUT2D eigenvalue weighted by Gasteiger charge is 2.42. The number of likely N-dealkylation sites (tertiary alicyclic amines) is 1. The predicted octanol–water partition coefficient (Wildman–Crippen LogP) is 7.41. The molecule has 12 heteroatoms. The number of aliphatic hydroxyl groups is 2. The van der Waals surface area contributed by atoms with Crippen LogP contribution in [0.4, 0.5) is 0 Å². The smallest absolute Gasteiger partial charge is 0.347 e. The average molecular weight is 863 g/mol. The Hall–Kier alpha value is -6.41. The van der Waals surface area contributed by atoms with Gasteiger partial charge < -0.3 is 35.7 Å². The van der Waals surface area contributed by atoms with Crippen molar-refractivity contribution < 1.29 is 29.6 Å². The number of rotatable bonds is 16. The molecule has 1 aliphatic heterocycles. The Bertz CT molecular complexity index is 2710. The molecule has 7 aromatic rings. The van der Waals surface area contributed by atoms with Crippen molar-refractivity contribution in [3.05, 3.63) is 194 Å². The molecule has 5 aromatic carbocycles. The van der Waals surface area contributed by atoms with E-state index in [4.69, 9.17) is 4.74 Å². The van der Waals surface area contributed by atoms with Crippen LogP contribution in [0.3, 0.4) is 0 Å². The lowest BCUT2D eigenvalue weighted by Crippen LogP contribution is -2.40. The molecule has 1 aliphatic rings. The maximum Gasteiger partial charge on any atom is 0.347 e. The van der Waals surface area contributed by atoms with Gasteiger partial charge in [0.15, 0.2) is 0 Å². The highest BCUT2D eigenvalue weighted by atomic mass is 32.1. The van der Waals surface area contributed by atoms with Crippen molar-refractivity contribution >= 4 is 34.1 Å². The highest BCUT2D eigenvalue weighted by Crippen LogP contribution is 2.36. The molecule has 1 unspecified atom stereocenters. The van der Waals surface area contributed by atoms with Gasteiger partial charge in [0, 0.05) is 53.6 Å². The van der Waals surface area contributed by atoms with Gasteiger partial charge in [-0.15, -0.1) is 11.3 Å². The molecule has 0 aliphatic carbocycles. The third kappa shape index (κ3) is 10.3. The number of benzene rings is 5. The molecule has 3 heterocycles. The first-order valence-electron chi connectivity index (χ1n) is 21.1. The zero-order chi connectivity index (χ0) is 43.8. The van der Waals surface area contributed by atoms with Crippen molar-refractivity contribution in [1.29, 1.82) is 0 Å². The number of carbonyl (C=O) groups excluding carboxylic acids is 2. The summed E-state index contributed by atoms with van der Waals surface area (Å²) in [6.07, 6.45) is 0.932. The van der Waals surface area contributed by atoms with Crippen LogP contribution < -0.4 is 16.2 Å². The van der Waals surface area contributed by atoms with Gasteiger partial charge in [0.1, 0.15) is 5.75 Å². The van der Waals surface area contributed by atoms with Crippen LogP contribution in [0.1, 0.15) is 62.7 Å². The van der Waals surface area contributed by atoms with Crippen LogP contribution in [-0.4, -0.2) is 63.3 Å². The summed E-state index contributed by atoms with van der Waals surface area (Å²) in [5.74, 6) is -0.775. The number of esters is 1. The Morgan fingerprint density at radius 3 is 2.30 bits per heavy atom.